The van der Waals surface area contributed by atoms with Gasteiger partial charge in [0.05, 0.1) is 11.9 Å². The molecule has 1 unspecified atom stereocenters. The van der Waals surface area contributed by atoms with Crippen molar-refractivity contribution in [3.8, 4) is 0 Å². The molecule has 1 N–H and O–H groups in total. The summed E-state index contributed by atoms with van der Waals surface area (Å²) < 4.78 is 17.5. The number of ketones is 1. The predicted molar refractivity (Wildman–Crippen MR) is 96.1 cm³/mol. The SMILES string of the molecule is C=CCOP(=O)(O)c1ccccc1C(=O)c1ccc(C)c(C)c1C. The van der Waals surface area contributed by atoms with Gasteiger partial charge < -0.3 is 9.42 Å². The van der Waals surface area contributed by atoms with Gasteiger partial charge in [-0.25, -0.2) is 0 Å². The monoisotopic (exact) mass is 344 g/mol. The molecule has 0 aromatic heterocycles. The summed E-state index contributed by atoms with van der Waals surface area (Å²) in [6.45, 7) is 9.21. The van der Waals surface area contributed by atoms with E-state index in [-0.39, 0.29) is 23.3 Å². The summed E-state index contributed by atoms with van der Waals surface area (Å²) in [4.78, 5) is 23.2. The molecule has 0 aliphatic carbocycles. The van der Waals surface area contributed by atoms with Crippen molar-refractivity contribution in [1.82, 2.24) is 0 Å². The van der Waals surface area contributed by atoms with Gasteiger partial charge in [-0.1, -0.05) is 36.4 Å². The molecule has 0 aliphatic heterocycles. The molecule has 2 rings (SSSR count). The molecular formula is C19H21O4P. The van der Waals surface area contributed by atoms with Gasteiger partial charge in [0.25, 0.3) is 0 Å². The number of benzene rings is 2. The van der Waals surface area contributed by atoms with Gasteiger partial charge in [-0.05, 0) is 43.5 Å². The third-order valence-corrected chi connectivity index (χ3v) is 5.62. The lowest BCUT2D eigenvalue weighted by Gasteiger charge is -2.16. The lowest BCUT2D eigenvalue weighted by molar-refractivity contribution is 0.103. The summed E-state index contributed by atoms with van der Waals surface area (Å²) in [5, 5.41) is 0.00878. The van der Waals surface area contributed by atoms with E-state index in [4.69, 9.17) is 4.52 Å². The first kappa shape index (κ1) is 18.3. The molecule has 0 saturated heterocycles. The zero-order chi connectivity index (χ0) is 17.9. The highest BCUT2D eigenvalue weighted by Gasteiger charge is 2.29. The van der Waals surface area contributed by atoms with Crippen molar-refractivity contribution in [2.24, 2.45) is 0 Å². The largest absolute Gasteiger partial charge is 0.359 e. The highest BCUT2D eigenvalue weighted by molar-refractivity contribution is 7.61. The van der Waals surface area contributed by atoms with Crippen molar-refractivity contribution in [2.45, 2.75) is 20.8 Å². The maximum Gasteiger partial charge on any atom is 0.359 e. The van der Waals surface area contributed by atoms with E-state index in [9.17, 15) is 14.3 Å². The summed E-state index contributed by atoms with van der Waals surface area (Å²) in [5.41, 5.74) is 3.70. The molecule has 1 atom stereocenters. The van der Waals surface area contributed by atoms with Gasteiger partial charge in [0.1, 0.15) is 0 Å². The third-order valence-electron chi connectivity index (χ3n) is 4.12. The molecule has 0 spiro atoms. The number of carbonyl (C=O) groups is 1. The second-order valence-electron chi connectivity index (χ2n) is 5.63. The first-order valence-electron chi connectivity index (χ1n) is 7.59. The summed E-state index contributed by atoms with van der Waals surface area (Å²) in [6.07, 6.45) is 1.39. The predicted octanol–water partition coefficient (Wildman–Crippen LogP) is 3.86. The van der Waals surface area contributed by atoms with E-state index in [1.807, 2.05) is 26.8 Å². The van der Waals surface area contributed by atoms with Crippen LogP contribution in [0, 0.1) is 20.8 Å². The van der Waals surface area contributed by atoms with Crippen LogP contribution >= 0.6 is 7.60 Å². The van der Waals surface area contributed by atoms with Crippen LogP contribution in [0.4, 0.5) is 0 Å². The Balaban J connectivity index is 2.54. The van der Waals surface area contributed by atoms with Crippen LogP contribution < -0.4 is 5.30 Å². The second-order valence-corrected chi connectivity index (χ2v) is 7.41. The van der Waals surface area contributed by atoms with Crippen molar-refractivity contribution in [1.29, 1.82) is 0 Å². The van der Waals surface area contributed by atoms with Crippen molar-refractivity contribution >= 4 is 18.7 Å². The average molecular weight is 344 g/mol. The fourth-order valence-corrected chi connectivity index (χ4v) is 3.68. The first-order chi connectivity index (χ1) is 11.3. The smallest absolute Gasteiger partial charge is 0.321 e. The highest BCUT2D eigenvalue weighted by Crippen LogP contribution is 2.42. The molecular weight excluding hydrogens is 323 g/mol. The number of carbonyl (C=O) groups excluding carboxylic acids is 1. The topological polar surface area (TPSA) is 63.6 Å². The minimum Gasteiger partial charge on any atom is -0.321 e. The molecule has 2 aromatic rings. The van der Waals surface area contributed by atoms with Crippen LogP contribution in [0.1, 0.15) is 32.6 Å². The van der Waals surface area contributed by atoms with Gasteiger partial charge in [0, 0.05) is 11.1 Å². The molecule has 0 aliphatic rings. The Morgan fingerprint density at radius 1 is 1.12 bits per heavy atom. The normalized spacial score (nSPS) is 13.3. The van der Waals surface area contributed by atoms with Crippen molar-refractivity contribution < 1.29 is 18.8 Å². The molecule has 5 heteroatoms. The minimum atomic E-state index is -4.10. The van der Waals surface area contributed by atoms with Gasteiger partial charge in [-0.2, -0.15) is 0 Å². The molecule has 126 valence electrons. The molecule has 4 nitrogen and oxygen atoms in total. The van der Waals surface area contributed by atoms with Gasteiger partial charge >= 0.3 is 7.60 Å². The van der Waals surface area contributed by atoms with E-state index in [1.54, 1.807) is 24.3 Å². The number of aryl methyl sites for hydroxylation is 1. The zero-order valence-corrected chi connectivity index (χ0v) is 15.0. The molecule has 0 saturated carbocycles. The van der Waals surface area contributed by atoms with Crippen LogP contribution in [0.25, 0.3) is 0 Å². The molecule has 0 fully saturated rings. The van der Waals surface area contributed by atoms with E-state index >= 15 is 0 Å². The maximum absolute atomic E-state index is 13.0. The van der Waals surface area contributed by atoms with Crippen LogP contribution in [0.3, 0.4) is 0 Å². The Labute approximate surface area is 142 Å². The minimum absolute atomic E-state index is 0.00878. The first-order valence-corrected chi connectivity index (χ1v) is 9.16. The summed E-state index contributed by atoms with van der Waals surface area (Å²) in [6, 6.07) is 9.91. The number of hydrogen-bond acceptors (Lipinski definition) is 3. The Hall–Kier alpha value is -2.00. The number of rotatable bonds is 6. The maximum atomic E-state index is 13.0. The Morgan fingerprint density at radius 3 is 2.46 bits per heavy atom. The zero-order valence-electron chi connectivity index (χ0n) is 14.1. The van der Waals surface area contributed by atoms with E-state index in [2.05, 4.69) is 6.58 Å². The van der Waals surface area contributed by atoms with Crippen LogP contribution in [0.2, 0.25) is 0 Å². The van der Waals surface area contributed by atoms with Crippen LogP contribution in [-0.4, -0.2) is 17.3 Å². The summed E-state index contributed by atoms with van der Waals surface area (Å²) >= 11 is 0. The Kier molecular flexibility index (Phi) is 5.55. The quantitative estimate of drug-likeness (QED) is 0.491. The van der Waals surface area contributed by atoms with E-state index in [0.29, 0.717) is 5.56 Å². The lowest BCUT2D eigenvalue weighted by atomic mass is 9.93. The van der Waals surface area contributed by atoms with Gasteiger partial charge in [-0.3, -0.25) is 9.36 Å². The number of hydrogen-bond donors (Lipinski definition) is 1. The molecule has 0 heterocycles. The van der Waals surface area contributed by atoms with Gasteiger partial charge in [0.2, 0.25) is 0 Å². The highest BCUT2D eigenvalue weighted by atomic mass is 31.2. The molecule has 0 radical (unpaired) electrons. The van der Waals surface area contributed by atoms with E-state index in [0.717, 1.165) is 16.7 Å². The van der Waals surface area contributed by atoms with Crippen LogP contribution in [-0.2, 0) is 9.09 Å². The molecule has 24 heavy (non-hydrogen) atoms. The standard InChI is InChI=1S/C19H21O4P/c1-5-12-23-24(21,22)18-9-7-6-8-17(18)19(20)16-11-10-13(2)14(3)15(16)4/h5-11H,1,12H2,2-4H3,(H,21,22). The van der Waals surface area contributed by atoms with E-state index in [1.165, 1.54) is 12.1 Å². The van der Waals surface area contributed by atoms with Gasteiger partial charge in [0.15, 0.2) is 5.78 Å². The van der Waals surface area contributed by atoms with Crippen molar-refractivity contribution in [3.63, 3.8) is 0 Å². The third kappa shape index (κ3) is 3.57. The molecule has 0 bridgehead atoms. The summed E-state index contributed by atoms with van der Waals surface area (Å²) in [5.74, 6) is -0.289. The van der Waals surface area contributed by atoms with Crippen molar-refractivity contribution in [3.05, 3.63) is 76.9 Å². The Morgan fingerprint density at radius 2 is 1.79 bits per heavy atom. The second kappa shape index (κ2) is 7.27. The Bertz CT molecular complexity index is 839. The lowest BCUT2D eigenvalue weighted by Crippen LogP contribution is -2.19. The van der Waals surface area contributed by atoms with E-state index < -0.39 is 7.60 Å². The summed E-state index contributed by atoms with van der Waals surface area (Å²) in [7, 11) is -4.10. The average Bonchev–Trinajstić information content (AvgIpc) is 2.57. The van der Waals surface area contributed by atoms with Crippen LogP contribution in [0.15, 0.2) is 49.1 Å². The fraction of sp³-hybridized carbons (Fsp3) is 0.211. The van der Waals surface area contributed by atoms with Gasteiger partial charge in [-0.15, -0.1) is 6.58 Å². The van der Waals surface area contributed by atoms with Crippen molar-refractivity contribution in [2.75, 3.05) is 6.61 Å². The molecule has 2 aromatic carbocycles. The van der Waals surface area contributed by atoms with Crippen LogP contribution in [0.5, 0.6) is 0 Å². The fourth-order valence-electron chi connectivity index (χ4n) is 2.48. The molecule has 0 amide bonds.